The van der Waals surface area contributed by atoms with Crippen LogP contribution in [0.2, 0.25) is 15.2 Å². The Hall–Kier alpha value is -0.180. The minimum Gasteiger partial charge on any atom is -0.369 e. The SMILES string of the molecule is CCC1CCC(CNc2nc(Cl)c(Cl)cc2Cl)CC1. The third-order valence-electron chi connectivity index (χ3n) is 3.99. The highest BCUT2D eigenvalue weighted by Crippen LogP contribution is 2.32. The van der Waals surface area contributed by atoms with Crippen molar-refractivity contribution >= 4 is 40.6 Å². The zero-order chi connectivity index (χ0) is 13.8. The van der Waals surface area contributed by atoms with Crippen molar-refractivity contribution in [3.05, 3.63) is 21.3 Å². The quantitative estimate of drug-likeness (QED) is 0.723. The van der Waals surface area contributed by atoms with E-state index in [0.29, 0.717) is 26.9 Å². The zero-order valence-electron chi connectivity index (χ0n) is 11.1. The molecule has 1 saturated carbocycles. The highest BCUT2D eigenvalue weighted by Gasteiger charge is 2.20. The van der Waals surface area contributed by atoms with Gasteiger partial charge in [0.25, 0.3) is 0 Å². The summed E-state index contributed by atoms with van der Waals surface area (Å²) >= 11 is 17.9. The van der Waals surface area contributed by atoms with Crippen LogP contribution in [0.15, 0.2) is 6.07 Å². The van der Waals surface area contributed by atoms with E-state index in [-0.39, 0.29) is 0 Å². The van der Waals surface area contributed by atoms with Crippen LogP contribution in [0.25, 0.3) is 0 Å². The first-order valence-corrected chi connectivity index (χ1v) is 7.99. The summed E-state index contributed by atoms with van der Waals surface area (Å²) in [6.45, 7) is 3.18. The monoisotopic (exact) mass is 320 g/mol. The van der Waals surface area contributed by atoms with E-state index in [0.717, 1.165) is 12.5 Å². The van der Waals surface area contributed by atoms with E-state index in [1.165, 1.54) is 32.1 Å². The van der Waals surface area contributed by atoms with E-state index in [2.05, 4.69) is 17.2 Å². The first kappa shape index (κ1) is 15.2. The van der Waals surface area contributed by atoms with Crippen molar-refractivity contribution in [3.8, 4) is 0 Å². The van der Waals surface area contributed by atoms with Gasteiger partial charge in [-0.1, -0.05) is 61.0 Å². The highest BCUT2D eigenvalue weighted by molar-refractivity contribution is 6.42. The van der Waals surface area contributed by atoms with E-state index in [9.17, 15) is 0 Å². The van der Waals surface area contributed by atoms with E-state index in [1.54, 1.807) is 6.07 Å². The summed E-state index contributed by atoms with van der Waals surface area (Å²) < 4.78 is 0. The van der Waals surface area contributed by atoms with E-state index >= 15 is 0 Å². The van der Waals surface area contributed by atoms with Gasteiger partial charge in [-0.05, 0) is 30.7 Å². The first-order valence-electron chi connectivity index (χ1n) is 6.85. The number of hydrogen-bond donors (Lipinski definition) is 1. The van der Waals surface area contributed by atoms with Crippen molar-refractivity contribution in [2.24, 2.45) is 11.8 Å². The summed E-state index contributed by atoms with van der Waals surface area (Å²) in [5, 5.41) is 4.51. The van der Waals surface area contributed by atoms with Crippen LogP contribution in [0.4, 0.5) is 5.82 Å². The third kappa shape index (κ3) is 4.14. The second kappa shape index (κ2) is 7.01. The highest BCUT2D eigenvalue weighted by atomic mass is 35.5. The van der Waals surface area contributed by atoms with Crippen LogP contribution in [0.3, 0.4) is 0 Å². The molecule has 1 fully saturated rings. The topological polar surface area (TPSA) is 24.9 Å². The molecular formula is C14H19Cl3N2. The molecule has 0 saturated heterocycles. The Kier molecular flexibility index (Phi) is 5.61. The molecular weight excluding hydrogens is 303 g/mol. The fourth-order valence-corrected chi connectivity index (χ4v) is 3.22. The van der Waals surface area contributed by atoms with Gasteiger partial charge in [-0.2, -0.15) is 0 Å². The van der Waals surface area contributed by atoms with Gasteiger partial charge in [-0.3, -0.25) is 0 Å². The van der Waals surface area contributed by atoms with Gasteiger partial charge in [0.05, 0.1) is 10.0 Å². The Morgan fingerprint density at radius 3 is 2.37 bits per heavy atom. The van der Waals surface area contributed by atoms with E-state index < -0.39 is 0 Å². The molecule has 0 bridgehead atoms. The standard InChI is InChI=1S/C14H19Cl3N2/c1-2-9-3-5-10(6-4-9)8-18-14-12(16)7-11(15)13(17)19-14/h7,9-10H,2-6,8H2,1H3,(H,18,19). The van der Waals surface area contributed by atoms with Crippen LogP contribution in [0, 0.1) is 11.8 Å². The lowest BCUT2D eigenvalue weighted by molar-refractivity contribution is 0.278. The number of anilines is 1. The molecule has 0 radical (unpaired) electrons. The van der Waals surface area contributed by atoms with E-state index in [4.69, 9.17) is 34.8 Å². The normalized spacial score (nSPS) is 23.4. The molecule has 2 rings (SSSR count). The van der Waals surface area contributed by atoms with E-state index in [1.807, 2.05) is 0 Å². The van der Waals surface area contributed by atoms with Gasteiger partial charge < -0.3 is 5.32 Å². The van der Waals surface area contributed by atoms with Gasteiger partial charge in [-0.15, -0.1) is 0 Å². The molecule has 0 aromatic carbocycles. The Balaban J connectivity index is 1.88. The van der Waals surface area contributed by atoms with Crippen LogP contribution in [0.5, 0.6) is 0 Å². The average Bonchev–Trinajstić information content (AvgIpc) is 2.42. The molecule has 1 aliphatic rings. The van der Waals surface area contributed by atoms with Gasteiger partial charge in [0.2, 0.25) is 0 Å². The molecule has 19 heavy (non-hydrogen) atoms. The molecule has 0 atom stereocenters. The summed E-state index contributed by atoms with van der Waals surface area (Å²) in [6, 6.07) is 1.63. The number of nitrogens with zero attached hydrogens (tertiary/aromatic N) is 1. The maximum atomic E-state index is 6.10. The Morgan fingerprint density at radius 1 is 1.11 bits per heavy atom. The maximum Gasteiger partial charge on any atom is 0.150 e. The zero-order valence-corrected chi connectivity index (χ0v) is 13.3. The number of rotatable bonds is 4. The minimum atomic E-state index is 0.295. The van der Waals surface area contributed by atoms with Crippen molar-refractivity contribution < 1.29 is 0 Å². The van der Waals surface area contributed by atoms with Crippen molar-refractivity contribution in [2.75, 3.05) is 11.9 Å². The second-order valence-corrected chi connectivity index (χ2v) is 6.44. The number of aromatic nitrogens is 1. The first-order chi connectivity index (χ1) is 9.10. The Bertz CT molecular complexity index is 429. The lowest BCUT2D eigenvalue weighted by Crippen LogP contribution is -2.21. The predicted octanol–water partition coefficient (Wildman–Crippen LogP) is 5.67. The predicted molar refractivity (Wildman–Crippen MR) is 83.5 cm³/mol. The minimum absolute atomic E-state index is 0.295. The summed E-state index contributed by atoms with van der Waals surface area (Å²) in [7, 11) is 0. The van der Waals surface area contributed by atoms with Crippen LogP contribution in [-0.4, -0.2) is 11.5 Å². The molecule has 0 unspecified atom stereocenters. The molecule has 1 heterocycles. The third-order valence-corrected chi connectivity index (χ3v) is 4.95. The molecule has 106 valence electrons. The lowest BCUT2D eigenvalue weighted by atomic mass is 9.81. The molecule has 5 heteroatoms. The molecule has 1 aliphatic carbocycles. The van der Waals surface area contributed by atoms with Crippen molar-refractivity contribution in [1.82, 2.24) is 4.98 Å². The average molecular weight is 322 g/mol. The number of nitrogens with one attached hydrogen (secondary N) is 1. The Labute approximate surface area is 129 Å². The van der Waals surface area contributed by atoms with Crippen LogP contribution in [-0.2, 0) is 0 Å². The van der Waals surface area contributed by atoms with Gasteiger partial charge in [0.15, 0.2) is 0 Å². The molecule has 2 nitrogen and oxygen atoms in total. The van der Waals surface area contributed by atoms with Crippen molar-refractivity contribution in [3.63, 3.8) is 0 Å². The number of halogens is 3. The molecule has 0 amide bonds. The molecule has 1 N–H and O–H groups in total. The summed E-state index contributed by atoms with van der Waals surface area (Å²) in [5.74, 6) is 2.26. The summed E-state index contributed by atoms with van der Waals surface area (Å²) in [6.07, 6.45) is 6.55. The molecule has 0 aliphatic heterocycles. The summed E-state index contributed by atoms with van der Waals surface area (Å²) in [5.41, 5.74) is 0. The molecule has 0 spiro atoms. The maximum absolute atomic E-state index is 6.10. The van der Waals surface area contributed by atoms with Gasteiger partial charge >= 0.3 is 0 Å². The Morgan fingerprint density at radius 2 is 1.74 bits per heavy atom. The number of pyridine rings is 1. The van der Waals surface area contributed by atoms with Crippen molar-refractivity contribution in [1.29, 1.82) is 0 Å². The fourth-order valence-electron chi connectivity index (χ4n) is 2.65. The summed E-state index contributed by atoms with van der Waals surface area (Å²) in [4.78, 5) is 4.18. The lowest BCUT2D eigenvalue weighted by Gasteiger charge is -2.28. The fraction of sp³-hybridized carbons (Fsp3) is 0.643. The van der Waals surface area contributed by atoms with Gasteiger partial charge in [-0.25, -0.2) is 4.98 Å². The largest absolute Gasteiger partial charge is 0.369 e. The molecule has 1 aromatic rings. The van der Waals surface area contributed by atoms with Crippen LogP contribution < -0.4 is 5.32 Å². The van der Waals surface area contributed by atoms with Crippen molar-refractivity contribution in [2.45, 2.75) is 39.0 Å². The molecule has 1 aromatic heterocycles. The van der Waals surface area contributed by atoms with Gasteiger partial charge in [0, 0.05) is 6.54 Å². The van der Waals surface area contributed by atoms with Gasteiger partial charge in [0.1, 0.15) is 11.0 Å². The van der Waals surface area contributed by atoms with Crippen LogP contribution in [0.1, 0.15) is 39.0 Å². The smallest absolute Gasteiger partial charge is 0.150 e. The van der Waals surface area contributed by atoms with Crippen LogP contribution >= 0.6 is 34.8 Å². The second-order valence-electron chi connectivity index (χ2n) is 5.27. The number of hydrogen-bond acceptors (Lipinski definition) is 2.